The van der Waals surface area contributed by atoms with Crippen molar-refractivity contribution >= 4 is 23.4 Å². The molecule has 1 aliphatic rings. The molecule has 3 rings (SSSR count). The third-order valence-corrected chi connectivity index (χ3v) is 6.65. The third kappa shape index (κ3) is 6.28. The van der Waals surface area contributed by atoms with E-state index in [2.05, 4.69) is 14.7 Å². The second-order valence-corrected chi connectivity index (χ2v) is 10.5. The van der Waals surface area contributed by atoms with Gasteiger partial charge >= 0.3 is 6.09 Å². The van der Waals surface area contributed by atoms with E-state index in [1.54, 1.807) is 24.5 Å². The fourth-order valence-corrected chi connectivity index (χ4v) is 4.01. The summed E-state index contributed by atoms with van der Waals surface area (Å²) in [5, 5.41) is 9.06. The van der Waals surface area contributed by atoms with Crippen molar-refractivity contribution in [3.63, 3.8) is 0 Å². The number of nitrogens with zero attached hydrogens (tertiary/aromatic N) is 4. The molecule has 2 atom stereocenters. The molecular formula is C21H28FN5O3S. The first-order valence-electron chi connectivity index (χ1n) is 10.1. The van der Waals surface area contributed by atoms with Gasteiger partial charge in [0.05, 0.1) is 6.04 Å². The fraction of sp³-hybridized carbons (Fsp3) is 0.476. The number of rotatable bonds is 6. The van der Waals surface area contributed by atoms with Crippen molar-refractivity contribution in [1.82, 2.24) is 19.6 Å². The third-order valence-electron chi connectivity index (χ3n) is 5.04. The average Bonchev–Trinajstić information content (AvgIpc) is 2.74. The molecule has 2 aromatic rings. The molecule has 0 unspecified atom stereocenters. The summed E-state index contributed by atoms with van der Waals surface area (Å²) < 4.78 is 28.8. The second-order valence-electron chi connectivity index (χ2n) is 8.46. The monoisotopic (exact) mass is 449 g/mol. The van der Waals surface area contributed by atoms with E-state index in [9.17, 15) is 13.7 Å². The van der Waals surface area contributed by atoms with Crippen LogP contribution in [0.5, 0.6) is 0 Å². The summed E-state index contributed by atoms with van der Waals surface area (Å²) in [5.41, 5.74) is 1.67. The first-order chi connectivity index (χ1) is 14.6. The molecule has 1 amide bonds. The van der Waals surface area contributed by atoms with Crippen LogP contribution in [-0.4, -0.2) is 61.5 Å². The van der Waals surface area contributed by atoms with Gasteiger partial charge in [0.1, 0.15) is 10.6 Å². The highest BCUT2D eigenvalue weighted by atomic mass is 32.2. The number of carboxylic acid groups (broad SMARTS) is 1. The molecular weight excluding hydrogens is 421 g/mol. The summed E-state index contributed by atoms with van der Waals surface area (Å²) in [4.78, 5) is 23.3. The molecule has 10 heteroatoms. The number of hydrogen-bond acceptors (Lipinski definition) is 6. The van der Waals surface area contributed by atoms with Crippen LogP contribution in [0.3, 0.4) is 0 Å². The molecule has 0 aliphatic carbocycles. The van der Waals surface area contributed by atoms with E-state index in [-0.39, 0.29) is 11.9 Å². The molecule has 0 bridgehead atoms. The van der Waals surface area contributed by atoms with Crippen LogP contribution in [0, 0.1) is 5.82 Å². The SMILES string of the molecule is CC(C)(C)[S@+]([O-])N[C@@H](Cc1cnc(N2CCN(C(=O)O)CC2)nc1)c1ccc(F)cc1. The molecule has 168 valence electrons. The molecule has 8 nitrogen and oxygen atoms in total. The van der Waals surface area contributed by atoms with Crippen LogP contribution in [0.15, 0.2) is 36.7 Å². The molecule has 1 aliphatic heterocycles. The van der Waals surface area contributed by atoms with Gasteiger partial charge in [-0.2, -0.15) is 0 Å². The van der Waals surface area contributed by atoms with E-state index >= 15 is 0 Å². The Hall–Kier alpha value is -2.43. The van der Waals surface area contributed by atoms with Gasteiger partial charge in [0, 0.05) is 49.9 Å². The zero-order valence-corrected chi connectivity index (χ0v) is 18.7. The molecule has 2 N–H and O–H groups in total. The molecule has 1 aromatic heterocycles. The smallest absolute Gasteiger partial charge is 0.407 e. The molecule has 1 saturated heterocycles. The van der Waals surface area contributed by atoms with Gasteiger partial charge in [0.25, 0.3) is 0 Å². The summed E-state index contributed by atoms with van der Waals surface area (Å²) in [6.45, 7) is 7.57. The molecule has 31 heavy (non-hydrogen) atoms. The van der Waals surface area contributed by atoms with E-state index in [1.165, 1.54) is 17.0 Å². The Morgan fingerprint density at radius 2 is 1.77 bits per heavy atom. The van der Waals surface area contributed by atoms with E-state index in [0.29, 0.717) is 38.5 Å². The van der Waals surface area contributed by atoms with E-state index < -0.39 is 22.2 Å². The van der Waals surface area contributed by atoms with E-state index in [1.807, 2.05) is 25.7 Å². The Kier molecular flexibility index (Phi) is 7.34. The van der Waals surface area contributed by atoms with Crippen molar-refractivity contribution in [2.75, 3.05) is 31.1 Å². The summed E-state index contributed by atoms with van der Waals surface area (Å²) in [6.07, 6.45) is 3.03. The van der Waals surface area contributed by atoms with Crippen molar-refractivity contribution in [1.29, 1.82) is 0 Å². The van der Waals surface area contributed by atoms with E-state index in [0.717, 1.165) is 11.1 Å². The molecule has 0 saturated carbocycles. The van der Waals surface area contributed by atoms with Crippen LogP contribution >= 0.6 is 0 Å². The van der Waals surface area contributed by atoms with Gasteiger partial charge in [-0.1, -0.05) is 12.1 Å². The first-order valence-corrected chi connectivity index (χ1v) is 11.3. The van der Waals surface area contributed by atoms with Crippen molar-refractivity contribution < 1.29 is 18.8 Å². The number of aromatic nitrogens is 2. The zero-order valence-electron chi connectivity index (χ0n) is 17.9. The van der Waals surface area contributed by atoms with Crippen molar-refractivity contribution in [3.05, 3.63) is 53.6 Å². The van der Waals surface area contributed by atoms with E-state index in [4.69, 9.17) is 5.11 Å². The highest BCUT2D eigenvalue weighted by Gasteiger charge is 2.30. The number of carbonyl (C=O) groups is 1. The first kappa shape index (κ1) is 23.2. The Labute approximate surface area is 184 Å². The molecule has 1 fully saturated rings. The van der Waals surface area contributed by atoms with Crippen molar-refractivity contribution in [2.45, 2.75) is 38.0 Å². The second kappa shape index (κ2) is 9.80. The number of benzene rings is 1. The largest absolute Gasteiger partial charge is 0.598 e. The number of halogens is 1. The van der Waals surface area contributed by atoms with Gasteiger partial charge in [-0.3, -0.25) is 0 Å². The maximum absolute atomic E-state index is 13.4. The number of piperazine rings is 1. The number of amides is 1. The minimum absolute atomic E-state index is 0.297. The van der Waals surface area contributed by atoms with Crippen LogP contribution in [0.2, 0.25) is 0 Å². The lowest BCUT2D eigenvalue weighted by Gasteiger charge is -2.33. The molecule has 1 aromatic carbocycles. The summed E-state index contributed by atoms with van der Waals surface area (Å²) in [7, 11) is 0. The Morgan fingerprint density at radius 3 is 2.29 bits per heavy atom. The predicted molar refractivity (Wildman–Crippen MR) is 118 cm³/mol. The van der Waals surface area contributed by atoms with Crippen LogP contribution in [0.25, 0.3) is 0 Å². The molecule has 0 spiro atoms. The van der Waals surface area contributed by atoms with Crippen molar-refractivity contribution in [2.24, 2.45) is 0 Å². The van der Waals surface area contributed by atoms with Gasteiger partial charge in [0.2, 0.25) is 5.95 Å². The lowest BCUT2D eigenvalue weighted by Crippen LogP contribution is -2.48. The lowest BCUT2D eigenvalue weighted by molar-refractivity contribution is 0.142. The topological polar surface area (TPSA) is 105 Å². The fourth-order valence-electron chi connectivity index (χ4n) is 3.18. The maximum Gasteiger partial charge on any atom is 0.407 e. The van der Waals surface area contributed by atoms with Crippen LogP contribution in [0.4, 0.5) is 15.1 Å². The van der Waals surface area contributed by atoms with Crippen LogP contribution < -0.4 is 9.62 Å². The Balaban J connectivity index is 1.70. The highest BCUT2D eigenvalue weighted by Crippen LogP contribution is 2.24. The van der Waals surface area contributed by atoms with Gasteiger partial charge < -0.3 is 19.5 Å². The van der Waals surface area contributed by atoms with Gasteiger partial charge in [0.15, 0.2) is 0 Å². The van der Waals surface area contributed by atoms with Crippen molar-refractivity contribution in [3.8, 4) is 0 Å². The van der Waals surface area contributed by atoms with Crippen LogP contribution in [0.1, 0.15) is 37.9 Å². The number of anilines is 1. The average molecular weight is 450 g/mol. The molecule has 2 heterocycles. The predicted octanol–water partition coefficient (Wildman–Crippen LogP) is 2.75. The lowest BCUT2D eigenvalue weighted by atomic mass is 10.0. The number of hydrogen-bond donors (Lipinski definition) is 2. The minimum atomic E-state index is -1.31. The normalized spacial score (nSPS) is 16.8. The van der Waals surface area contributed by atoms with Gasteiger partial charge in [-0.15, -0.1) is 4.72 Å². The molecule has 0 radical (unpaired) electrons. The highest BCUT2D eigenvalue weighted by molar-refractivity contribution is 7.90. The quantitative estimate of drug-likeness (QED) is 0.654. The number of nitrogens with one attached hydrogen (secondary N) is 1. The Morgan fingerprint density at radius 1 is 1.19 bits per heavy atom. The Bertz CT molecular complexity index is 868. The summed E-state index contributed by atoms with van der Waals surface area (Å²) >= 11 is -1.31. The minimum Gasteiger partial charge on any atom is -0.598 e. The standard InChI is InChI=1S/C21H28FN5O3S/c1-21(2,3)31(30)25-18(16-4-6-17(22)7-5-16)12-15-13-23-19(24-14-15)26-8-10-27(11-9-26)20(28)29/h4-7,13-14,18,25H,8-12H2,1-3H3,(H,28,29)/t18-,31-/m0/s1. The van der Waals surface area contributed by atoms with Gasteiger partial charge in [-0.05, 0) is 50.5 Å². The summed E-state index contributed by atoms with van der Waals surface area (Å²) in [6, 6.07) is 5.85. The zero-order chi connectivity index (χ0) is 22.6. The van der Waals surface area contributed by atoms with Gasteiger partial charge in [-0.25, -0.2) is 19.2 Å². The van der Waals surface area contributed by atoms with Crippen LogP contribution in [-0.2, 0) is 17.8 Å². The summed E-state index contributed by atoms with van der Waals surface area (Å²) in [5.74, 6) is 0.230. The maximum atomic E-state index is 13.4.